The highest BCUT2D eigenvalue weighted by atomic mass is 32.2. The molecule has 0 radical (unpaired) electrons. The fraction of sp³-hybridized carbons (Fsp3) is 0.200. The van der Waals surface area contributed by atoms with E-state index >= 15 is 0 Å². The maximum atomic E-state index is 12.8. The lowest BCUT2D eigenvalue weighted by atomic mass is 10.1. The minimum Gasteiger partial charge on any atom is -0.492 e. The van der Waals surface area contributed by atoms with E-state index < -0.39 is 11.7 Å². The van der Waals surface area contributed by atoms with Gasteiger partial charge in [-0.3, -0.25) is 5.43 Å². The fourth-order valence-electron chi connectivity index (χ4n) is 3.32. The van der Waals surface area contributed by atoms with Crippen molar-refractivity contribution in [2.24, 2.45) is 0 Å². The normalized spacial score (nSPS) is 15.9. The third kappa shape index (κ3) is 3.17. The molecule has 0 unspecified atom stereocenters. The van der Waals surface area contributed by atoms with E-state index in [9.17, 15) is 18.3 Å². The van der Waals surface area contributed by atoms with E-state index in [0.29, 0.717) is 17.9 Å². The summed E-state index contributed by atoms with van der Waals surface area (Å²) in [7, 11) is 0. The Kier molecular flexibility index (Phi) is 4.66. The van der Waals surface area contributed by atoms with Gasteiger partial charge in [-0.1, -0.05) is 24.3 Å². The van der Waals surface area contributed by atoms with Crippen LogP contribution in [0.2, 0.25) is 0 Å². The Labute approximate surface area is 164 Å². The summed E-state index contributed by atoms with van der Waals surface area (Å²) in [6.07, 6.45) is -0.403. The molecule has 0 saturated carbocycles. The molecular weight excluding hydrogens is 387 g/mol. The number of hydrogen-bond donors (Lipinski definition) is 2. The van der Waals surface area contributed by atoms with E-state index in [1.54, 1.807) is 11.8 Å². The van der Waals surface area contributed by atoms with Crippen LogP contribution in [0, 0.1) is 0 Å². The number of anilines is 1. The van der Waals surface area contributed by atoms with E-state index in [2.05, 4.69) is 5.43 Å². The molecule has 8 heteroatoms. The average molecular weight is 405 g/mol. The molecule has 0 spiro atoms. The number of hydrogen-bond acceptors (Lipinski definition) is 5. The SMILES string of the molecule is CSCCN1C=c2ccccc2=C2NN(c3ccc(C(F)(F)F)cc3)C(O)=C21. The molecule has 146 valence electrons. The molecule has 0 atom stereocenters. The Hall–Kier alpha value is -2.74. The molecule has 4 rings (SSSR count). The van der Waals surface area contributed by atoms with Crippen molar-refractivity contribution >= 4 is 29.3 Å². The Balaban J connectivity index is 1.78. The molecule has 0 aromatic heterocycles. The van der Waals surface area contributed by atoms with Crippen molar-refractivity contribution in [1.82, 2.24) is 10.3 Å². The topological polar surface area (TPSA) is 38.7 Å². The lowest BCUT2D eigenvalue weighted by Gasteiger charge is -2.24. The first-order valence-corrected chi connectivity index (χ1v) is 10.0. The number of fused-ring (bicyclic) bond motifs is 2. The van der Waals surface area contributed by atoms with Crippen LogP contribution in [0.3, 0.4) is 0 Å². The second kappa shape index (κ2) is 7.01. The number of halogens is 3. The summed E-state index contributed by atoms with van der Waals surface area (Å²) in [6.45, 7) is 0.695. The zero-order valence-electron chi connectivity index (χ0n) is 15.0. The monoisotopic (exact) mass is 405 g/mol. The van der Waals surface area contributed by atoms with Gasteiger partial charge in [-0.05, 0) is 30.5 Å². The minimum atomic E-state index is -4.40. The molecule has 2 N–H and O–H groups in total. The molecule has 28 heavy (non-hydrogen) atoms. The molecule has 2 aromatic rings. The van der Waals surface area contributed by atoms with Gasteiger partial charge in [0.15, 0.2) is 0 Å². The van der Waals surface area contributed by atoms with Crippen LogP contribution in [-0.4, -0.2) is 28.6 Å². The van der Waals surface area contributed by atoms with Crippen LogP contribution in [0.25, 0.3) is 11.9 Å². The molecule has 2 heterocycles. The van der Waals surface area contributed by atoms with Gasteiger partial charge in [0.1, 0.15) is 5.70 Å². The molecule has 0 amide bonds. The summed E-state index contributed by atoms with van der Waals surface area (Å²) in [4.78, 5) is 1.97. The third-order valence-corrected chi connectivity index (χ3v) is 5.28. The average Bonchev–Trinajstić information content (AvgIpc) is 3.03. The molecule has 2 aromatic carbocycles. The molecule has 4 nitrogen and oxygen atoms in total. The van der Waals surface area contributed by atoms with Crippen LogP contribution >= 0.6 is 11.8 Å². The summed E-state index contributed by atoms with van der Waals surface area (Å²) in [5, 5.41) is 14.2. The molecule has 2 aliphatic heterocycles. The molecular formula is C20H18F3N3OS. The summed E-state index contributed by atoms with van der Waals surface area (Å²) in [5.74, 6) is 0.824. The minimum absolute atomic E-state index is 0.0402. The van der Waals surface area contributed by atoms with Gasteiger partial charge in [0.25, 0.3) is 0 Å². The standard InChI is InChI=1S/C20H18F3N3OS/c1-28-11-10-25-12-13-4-2-3-5-16(13)17-18(25)19(27)26(24-17)15-8-6-14(7-9-15)20(21,22)23/h2-9,12,24,27H,10-11H2,1H3. The van der Waals surface area contributed by atoms with Gasteiger partial charge in [0.05, 0.1) is 16.9 Å². The van der Waals surface area contributed by atoms with E-state index in [1.165, 1.54) is 17.1 Å². The van der Waals surface area contributed by atoms with Crippen molar-refractivity contribution in [2.45, 2.75) is 6.18 Å². The Morgan fingerprint density at radius 2 is 1.79 bits per heavy atom. The number of aliphatic hydroxyl groups excluding tert-OH is 1. The fourth-order valence-corrected chi connectivity index (χ4v) is 3.70. The quantitative estimate of drug-likeness (QED) is 0.818. The van der Waals surface area contributed by atoms with E-state index in [1.807, 2.05) is 41.6 Å². The van der Waals surface area contributed by atoms with E-state index in [-0.39, 0.29) is 5.88 Å². The summed E-state index contributed by atoms with van der Waals surface area (Å²) >= 11 is 1.70. The number of benzene rings is 2. The first-order valence-electron chi connectivity index (χ1n) is 8.64. The first-order chi connectivity index (χ1) is 13.4. The van der Waals surface area contributed by atoms with Crippen LogP contribution in [0.5, 0.6) is 0 Å². The van der Waals surface area contributed by atoms with Gasteiger partial charge in [0, 0.05) is 28.9 Å². The van der Waals surface area contributed by atoms with Crippen LogP contribution in [0.4, 0.5) is 18.9 Å². The van der Waals surface area contributed by atoms with Gasteiger partial charge in [0.2, 0.25) is 5.88 Å². The van der Waals surface area contributed by atoms with Crippen molar-refractivity contribution in [3.05, 3.63) is 76.1 Å². The van der Waals surface area contributed by atoms with Crippen molar-refractivity contribution in [3.8, 4) is 0 Å². The molecule has 0 bridgehead atoms. The smallest absolute Gasteiger partial charge is 0.416 e. The Bertz CT molecular complexity index is 1050. The van der Waals surface area contributed by atoms with Crippen LogP contribution in [0.15, 0.2) is 60.1 Å². The zero-order chi connectivity index (χ0) is 19.9. The lowest BCUT2D eigenvalue weighted by Crippen LogP contribution is -2.41. The maximum Gasteiger partial charge on any atom is 0.416 e. The number of hydrazine groups is 1. The third-order valence-electron chi connectivity index (χ3n) is 4.69. The molecule has 0 saturated heterocycles. The van der Waals surface area contributed by atoms with Crippen molar-refractivity contribution in [2.75, 3.05) is 23.6 Å². The van der Waals surface area contributed by atoms with Gasteiger partial charge in [-0.2, -0.15) is 24.9 Å². The van der Waals surface area contributed by atoms with Crippen LogP contribution in [0.1, 0.15) is 5.56 Å². The zero-order valence-corrected chi connectivity index (χ0v) is 15.8. The maximum absolute atomic E-state index is 12.8. The second-order valence-electron chi connectivity index (χ2n) is 6.44. The second-order valence-corrected chi connectivity index (χ2v) is 7.43. The molecule has 2 aliphatic rings. The number of thioether (sulfide) groups is 1. The van der Waals surface area contributed by atoms with Crippen molar-refractivity contribution in [3.63, 3.8) is 0 Å². The van der Waals surface area contributed by atoms with E-state index in [4.69, 9.17) is 0 Å². The number of nitrogens with zero attached hydrogens (tertiary/aromatic N) is 2. The molecule has 0 aliphatic carbocycles. The van der Waals surface area contributed by atoms with Gasteiger partial charge < -0.3 is 10.0 Å². The largest absolute Gasteiger partial charge is 0.492 e. The number of nitrogens with one attached hydrogen (secondary N) is 1. The van der Waals surface area contributed by atoms with Gasteiger partial charge in [-0.25, -0.2) is 5.01 Å². The van der Waals surface area contributed by atoms with Gasteiger partial charge >= 0.3 is 6.18 Å². The highest BCUT2D eigenvalue weighted by Gasteiger charge is 2.34. The highest BCUT2D eigenvalue weighted by Crippen LogP contribution is 2.34. The summed E-state index contributed by atoms with van der Waals surface area (Å²) < 4.78 is 38.5. The number of aliphatic hydroxyl groups is 1. The van der Waals surface area contributed by atoms with Gasteiger partial charge in [-0.15, -0.1) is 0 Å². The highest BCUT2D eigenvalue weighted by molar-refractivity contribution is 7.98. The predicted octanol–water partition coefficient (Wildman–Crippen LogP) is 2.98. The number of rotatable bonds is 4. The first kappa shape index (κ1) is 18.6. The summed E-state index contributed by atoms with van der Waals surface area (Å²) in [5.41, 5.74) is 4.20. The lowest BCUT2D eigenvalue weighted by molar-refractivity contribution is -0.137. The van der Waals surface area contributed by atoms with Crippen LogP contribution < -0.4 is 20.9 Å². The van der Waals surface area contributed by atoms with Crippen LogP contribution in [-0.2, 0) is 6.18 Å². The van der Waals surface area contributed by atoms with E-state index in [0.717, 1.165) is 34.0 Å². The number of alkyl halides is 3. The van der Waals surface area contributed by atoms with Crippen molar-refractivity contribution in [1.29, 1.82) is 0 Å². The summed E-state index contributed by atoms with van der Waals surface area (Å²) in [6, 6.07) is 12.5. The Morgan fingerprint density at radius 3 is 2.46 bits per heavy atom. The predicted molar refractivity (Wildman–Crippen MR) is 105 cm³/mol. The van der Waals surface area contributed by atoms with Crippen molar-refractivity contribution < 1.29 is 18.3 Å². The Morgan fingerprint density at radius 1 is 1.07 bits per heavy atom. The molecule has 0 fully saturated rings.